The molecule has 0 amide bonds. The highest BCUT2D eigenvalue weighted by Gasteiger charge is 2.52. The highest BCUT2D eigenvalue weighted by molar-refractivity contribution is 8.00. The molecule has 0 fully saturated rings. The number of rotatable bonds is 2. The number of esters is 1. The SMILES string of the molecule is O=C1Oc2ccccc2[C@H]2c3sc(=O)n(-c4ccccc4)c3S[C@@H](C(=O)O)[C@@H]12. The Morgan fingerprint density at radius 2 is 1.75 bits per heavy atom. The van der Waals surface area contributed by atoms with Crippen molar-refractivity contribution in [1.29, 1.82) is 0 Å². The van der Waals surface area contributed by atoms with Crippen molar-refractivity contribution in [3.63, 3.8) is 0 Å². The third kappa shape index (κ3) is 2.45. The topological polar surface area (TPSA) is 85.6 Å². The summed E-state index contributed by atoms with van der Waals surface area (Å²) in [6.07, 6.45) is 0. The number of ether oxygens (including phenoxy) is 1. The van der Waals surface area contributed by atoms with Crippen LogP contribution >= 0.6 is 23.1 Å². The average Bonchev–Trinajstić information content (AvgIpc) is 3.03. The van der Waals surface area contributed by atoms with Crippen LogP contribution in [0.4, 0.5) is 0 Å². The minimum atomic E-state index is -1.10. The number of carboxylic acid groups (broad SMARTS) is 1. The second-order valence-electron chi connectivity index (χ2n) is 6.55. The lowest BCUT2D eigenvalue weighted by molar-refractivity contribution is -0.147. The van der Waals surface area contributed by atoms with Crippen molar-refractivity contribution in [2.45, 2.75) is 16.2 Å². The summed E-state index contributed by atoms with van der Waals surface area (Å²) in [5, 5.41) is 9.37. The molecule has 0 unspecified atom stereocenters. The monoisotopic (exact) mass is 411 g/mol. The van der Waals surface area contributed by atoms with Crippen molar-refractivity contribution in [3.8, 4) is 11.4 Å². The van der Waals surface area contributed by atoms with E-state index in [1.165, 1.54) is 0 Å². The van der Waals surface area contributed by atoms with Crippen LogP contribution in [0, 0.1) is 5.92 Å². The molecule has 28 heavy (non-hydrogen) atoms. The highest BCUT2D eigenvalue weighted by Crippen LogP contribution is 2.54. The van der Waals surface area contributed by atoms with Crippen LogP contribution in [0.3, 0.4) is 0 Å². The third-order valence-electron chi connectivity index (χ3n) is 4.99. The largest absolute Gasteiger partial charge is 0.480 e. The summed E-state index contributed by atoms with van der Waals surface area (Å²) in [5.41, 5.74) is 1.41. The fourth-order valence-corrected chi connectivity index (χ4v) is 6.50. The number of carbonyl (C=O) groups is 2. The molecule has 0 spiro atoms. The van der Waals surface area contributed by atoms with Crippen molar-refractivity contribution >= 4 is 35.0 Å². The summed E-state index contributed by atoms with van der Waals surface area (Å²) in [6.45, 7) is 0. The molecule has 1 N–H and O–H groups in total. The van der Waals surface area contributed by atoms with Crippen LogP contribution in [0.5, 0.6) is 5.75 Å². The average molecular weight is 411 g/mol. The van der Waals surface area contributed by atoms with E-state index < -0.39 is 29.0 Å². The Morgan fingerprint density at radius 1 is 1.04 bits per heavy atom. The predicted octanol–water partition coefficient (Wildman–Crippen LogP) is 3.13. The van der Waals surface area contributed by atoms with Crippen LogP contribution in [0.1, 0.15) is 16.4 Å². The van der Waals surface area contributed by atoms with Crippen LogP contribution in [-0.4, -0.2) is 26.9 Å². The van der Waals surface area contributed by atoms with Crippen LogP contribution in [-0.2, 0) is 9.59 Å². The molecule has 0 bridgehead atoms. The minimum absolute atomic E-state index is 0.204. The van der Waals surface area contributed by atoms with Gasteiger partial charge in [-0.1, -0.05) is 59.5 Å². The molecule has 1 aromatic heterocycles. The number of para-hydroxylation sites is 2. The molecule has 3 atom stereocenters. The second kappa shape index (κ2) is 6.35. The minimum Gasteiger partial charge on any atom is -0.480 e. The van der Waals surface area contributed by atoms with Gasteiger partial charge in [0.1, 0.15) is 11.0 Å². The smallest absolute Gasteiger partial charge is 0.317 e. The van der Waals surface area contributed by atoms with E-state index in [2.05, 4.69) is 0 Å². The van der Waals surface area contributed by atoms with Crippen LogP contribution < -0.4 is 9.61 Å². The quantitative estimate of drug-likeness (QED) is 0.515. The van der Waals surface area contributed by atoms with Crippen LogP contribution in [0.15, 0.2) is 64.4 Å². The maximum absolute atomic E-state index is 12.9. The number of hydrogen-bond donors (Lipinski definition) is 1. The molecule has 140 valence electrons. The number of aliphatic carboxylic acids is 1. The Kier molecular flexibility index (Phi) is 3.92. The first-order valence-electron chi connectivity index (χ1n) is 8.57. The van der Waals surface area contributed by atoms with Crippen LogP contribution in [0.25, 0.3) is 5.69 Å². The zero-order chi connectivity index (χ0) is 19.4. The summed E-state index contributed by atoms with van der Waals surface area (Å²) in [5.74, 6) is -2.64. The molecule has 2 aliphatic heterocycles. The van der Waals surface area contributed by atoms with E-state index >= 15 is 0 Å². The number of hydrogen-bond acceptors (Lipinski definition) is 6. The Balaban J connectivity index is 1.79. The Morgan fingerprint density at radius 3 is 2.50 bits per heavy atom. The zero-order valence-electron chi connectivity index (χ0n) is 14.3. The van der Waals surface area contributed by atoms with Gasteiger partial charge in [0.05, 0.1) is 16.6 Å². The van der Waals surface area contributed by atoms with E-state index in [-0.39, 0.29) is 4.87 Å². The van der Waals surface area contributed by atoms with Gasteiger partial charge in [0.25, 0.3) is 0 Å². The molecule has 2 aromatic carbocycles. The molecule has 3 heterocycles. The lowest BCUT2D eigenvalue weighted by Crippen LogP contribution is -2.44. The van der Waals surface area contributed by atoms with Gasteiger partial charge in [0.2, 0.25) is 0 Å². The molecular weight excluding hydrogens is 398 g/mol. The first-order valence-corrected chi connectivity index (χ1v) is 10.3. The summed E-state index contributed by atoms with van der Waals surface area (Å²) < 4.78 is 6.96. The Hall–Kier alpha value is -2.84. The molecular formula is C20H13NO5S2. The molecule has 0 saturated carbocycles. The lowest BCUT2D eigenvalue weighted by Gasteiger charge is -2.37. The van der Waals surface area contributed by atoms with Gasteiger partial charge >= 0.3 is 16.8 Å². The Labute approximate surface area is 167 Å². The van der Waals surface area contributed by atoms with E-state index in [0.29, 0.717) is 21.3 Å². The second-order valence-corrected chi connectivity index (χ2v) is 8.67. The molecule has 0 aliphatic carbocycles. The Bertz CT molecular complexity index is 1170. The highest BCUT2D eigenvalue weighted by atomic mass is 32.2. The van der Waals surface area contributed by atoms with Gasteiger partial charge in [0.15, 0.2) is 0 Å². The molecule has 5 rings (SSSR count). The van der Waals surface area contributed by atoms with E-state index in [1.54, 1.807) is 28.8 Å². The number of nitrogens with zero attached hydrogens (tertiary/aromatic N) is 1. The summed E-state index contributed by atoms with van der Waals surface area (Å²) in [4.78, 5) is 38.1. The number of fused-ring (bicyclic) bond motifs is 5. The maximum Gasteiger partial charge on any atom is 0.317 e. The fraction of sp³-hybridized carbons (Fsp3) is 0.150. The van der Waals surface area contributed by atoms with Crippen molar-refractivity contribution in [2.75, 3.05) is 0 Å². The number of thiazole rings is 1. The van der Waals surface area contributed by atoms with Crippen LogP contribution in [0.2, 0.25) is 0 Å². The standard InChI is InChI=1S/C20H13NO5S2/c22-18(23)16-14-13(11-8-4-5-9-12(11)26-19(14)24)15-17(27-16)21(20(25)28-15)10-6-2-1-3-7-10/h1-9,13-14,16H,(H,22,23)/t13-,14+,16-/m1/s1. The van der Waals surface area contributed by atoms with Crippen molar-refractivity contribution in [3.05, 3.63) is 74.7 Å². The number of thioether (sulfide) groups is 1. The first kappa shape index (κ1) is 17.3. The lowest BCUT2D eigenvalue weighted by atomic mass is 9.80. The van der Waals surface area contributed by atoms with E-state index in [4.69, 9.17) is 4.74 Å². The maximum atomic E-state index is 12.9. The van der Waals surface area contributed by atoms with Crippen molar-refractivity contribution in [1.82, 2.24) is 4.57 Å². The first-order chi connectivity index (χ1) is 13.6. The summed E-state index contributed by atoms with van der Waals surface area (Å²) >= 11 is 2.11. The molecule has 2 aliphatic rings. The van der Waals surface area contributed by atoms with Gasteiger partial charge in [0, 0.05) is 16.4 Å². The normalized spacial score (nSPS) is 22.6. The van der Waals surface area contributed by atoms with Gasteiger partial charge in [-0.05, 0) is 18.2 Å². The number of carbonyl (C=O) groups excluding carboxylic acids is 1. The molecule has 8 heteroatoms. The van der Waals surface area contributed by atoms with Gasteiger partial charge in [-0.2, -0.15) is 0 Å². The molecule has 3 aromatic rings. The van der Waals surface area contributed by atoms with Gasteiger partial charge in [-0.15, -0.1) is 0 Å². The fourth-order valence-electron chi connectivity index (χ4n) is 3.82. The van der Waals surface area contributed by atoms with Crippen molar-refractivity contribution < 1.29 is 19.4 Å². The van der Waals surface area contributed by atoms with Gasteiger partial charge in [-0.3, -0.25) is 19.0 Å². The summed E-state index contributed by atoms with van der Waals surface area (Å²) in [6, 6.07) is 16.2. The third-order valence-corrected chi connectivity index (χ3v) is 7.52. The van der Waals surface area contributed by atoms with E-state index in [9.17, 15) is 19.5 Å². The number of benzene rings is 2. The molecule has 0 saturated heterocycles. The van der Waals surface area contributed by atoms with Gasteiger partial charge < -0.3 is 9.84 Å². The zero-order valence-corrected chi connectivity index (χ0v) is 15.9. The number of aromatic nitrogens is 1. The molecule has 6 nitrogen and oxygen atoms in total. The van der Waals surface area contributed by atoms with Crippen molar-refractivity contribution in [2.24, 2.45) is 5.92 Å². The van der Waals surface area contributed by atoms with Gasteiger partial charge in [-0.25, -0.2) is 0 Å². The summed E-state index contributed by atoms with van der Waals surface area (Å²) in [7, 11) is 0. The predicted molar refractivity (Wildman–Crippen MR) is 105 cm³/mol. The van der Waals surface area contributed by atoms with E-state index in [1.807, 2.05) is 30.3 Å². The number of carboxylic acids is 1. The van der Waals surface area contributed by atoms with E-state index in [0.717, 1.165) is 28.7 Å². The molecule has 0 radical (unpaired) electrons.